The van der Waals surface area contributed by atoms with Crippen LogP contribution in [0, 0.1) is 11.6 Å². The Hall–Kier alpha value is -2.56. The highest BCUT2D eigenvalue weighted by Crippen LogP contribution is 2.22. The Bertz CT molecular complexity index is 732. The second-order valence-corrected chi connectivity index (χ2v) is 6.19. The Kier molecular flexibility index (Phi) is 4.89. The Morgan fingerprint density at radius 3 is 2.30 bits per heavy atom. The largest absolute Gasteiger partial charge is 0.271 e. The van der Waals surface area contributed by atoms with Gasteiger partial charge in [0.1, 0.15) is 11.6 Å². The van der Waals surface area contributed by atoms with Gasteiger partial charge in [-0.1, -0.05) is 32.9 Å². The summed E-state index contributed by atoms with van der Waals surface area (Å²) in [6.45, 7) is 6.26. The summed E-state index contributed by atoms with van der Waals surface area (Å²) in [6, 6.07) is 10.3. The van der Waals surface area contributed by atoms with Crippen LogP contribution in [0.15, 0.2) is 47.6 Å². The molecule has 0 aliphatic heterocycles. The molecule has 0 bridgehead atoms. The molecule has 2 aromatic carbocycles. The van der Waals surface area contributed by atoms with Gasteiger partial charge in [0.2, 0.25) is 0 Å². The van der Waals surface area contributed by atoms with Gasteiger partial charge >= 0.3 is 0 Å². The number of nitrogens with one attached hydrogen (secondary N) is 1. The van der Waals surface area contributed by atoms with E-state index in [-0.39, 0.29) is 11.0 Å². The summed E-state index contributed by atoms with van der Waals surface area (Å²) in [5.41, 5.74) is 3.99. The van der Waals surface area contributed by atoms with Crippen molar-refractivity contribution in [1.82, 2.24) is 5.43 Å². The lowest BCUT2D eigenvalue weighted by Crippen LogP contribution is -2.18. The van der Waals surface area contributed by atoms with Crippen molar-refractivity contribution in [3.8, 4) is 0 Å². The number of rotatable bonds is 3. The van der Waals surface area contributed by atoms with Gasteiger partial charge in [0.25, 0.3) is 5.91 Å². The molecule has 0 unspecified atom stereocenters. The van der Waals surface area contributed by atoms with Crippen LogP contribution in [0.5, 0.6) is 0 Å². The number of halogens is 2. The molecule has 0 saturated carbocycles. The molecule has 1 N–H and O–H groups in total. The van der Waals surface area contributed by atoms with Crippen LogP contribution in [-0.2, 0) is 5.41 Å². The highest BCUT2D eigenvalue weighted by atomic mass is 19.1. The Morgan fingerprint density at radius 2 is 1.74 bits per heavy atom. The van der Waals surface area contributed by atoms with Crippen molar-refractivity contribution in [3.05, 3.63) is 70.8 Å². The molecule has 1 amide bonds. The van der Waals surface area contributed by atoms with Crippen LogP contribution in [0.2, 0.25) is 0 Å². The van der Waals surface area contributed by atoms with Crippen molar-refractivity contribution in [2.75, 3.05) is 0 Å². The number of hydrogen-bond donors (Lipinski definition) is 1. The zero-order valence-electron chi connectivity index (χ0n) is 13.2. The van der Waals surface area contributed by atoms with Crippen molar-refractivity contribution in [2.24, 2.45) is 5.10 Å². The lowest BCUT2D eigenvalue weighted by atomic mass is 9.87. The maximum absolute atomic E-state index is 13.4. The number of hydrazone groups is 1. The van der Waals surface area contributed by atoms with E-state index in [0.717, 1.165) is 23.9 Å². The van der Waals surface area contributed by atoms with Crippen LogP contribution >= 0.6 is 0 Å². The fourth-order valence-electron chi connectivity index (χ4n) is 1.95. The second kappa shape index (κ2) is 6.69. The Labute approximate surface area is 134 Å². The van der Waals surface area contributed by atoms with Gasteiger partial charge < -0.3 is 0 Å². The van der Waals surface area contributed by atoms with Gasteiger partial charge in [-0.05, 0) is 35.2 Å². The fraction of sp³-hybridized carbons (Fsp3) is 0.222. The molecule has 2 rings (SSSR count). The van der Waals surface area contributed by atoms with E-state index in [1.807, 2.05) is 12.1 Å². The van der Waals surface area contributed by atoms with Crippen LogP contribution in [0.4, 0.5) is 8.78 Å². The Morgan fingerprint density at radius 1 is 1.09 bits per heavy atom. The SMILES string of the molecule is CC(C)(C)c1ccc(C(=O)N/N=C\c2ccc(F)cc2F)cc1. The highest BCUT2D eigenvalue weighted by Gasteiger charge is 2.14. The van der Waals surface area contributed by atoms with Crippen molar-refractivity contribution >= 4 is 12.1 Å². The zero-order valence-corrected chi connectivity index (χ0v) is 13.2. The van der Waals surface area contributed by atoms with Gasteiger partial charge in [0, 0.05) is 17.2 Å². The second-order valence-electron chi connectivity index (χ2n) is 6.19. The minimum absolute atomic E-state index is 0.00721. The monoisotopic (exact) mass is 316 g/mol. The summed E-state index contributed by atoms with van der Waals surface area (Å²) < 4.78 is 26.2. The quantitative estimate of drug-likeness (QED) is 0.674. The number of carbonyl (C=O) groups is 1. The van der Waals surface area contributed by atoms with E-state index in [9.17, 15) is 13.6 Å². The van der Waals surface area contributed by atoms with Crippen LogP contribution in [0.25, 0.3) is 0 Å². The van der Waals surface area contributed by atoms with E-state index < -0.39 is 17.5 Å². The minimum Gasteiger partial charge on any atom is -0.267 e. The van der Waals surface area contributed by atoms with Gasteiger partial charge in [-0.15, -0.1) is 0 Å². The van der Waals surface area contributed by atoms with Gasteiger partial charge in [0.15, 0.2) is 0 Å². The number of carbonyl (C=O) groups excluding carboxylic acids is 1. The molecule has 23 heavy (non-hydrogen) atoms. The fourth-order valence-corrected chi connectivity index (χ4v) is 1.95. The lowest BCUT2D eigenvalue weighted by molar-refractivity contribution is 0.0955. The van der Waals surface area contributed by atoms with Gasteiger partial charge in [-0.3, -0.25) is 4.79 Å². The summed E-state index contributed by atoms with van der Waals surface area (Å²) in [7, 11) is 0. The first-order valence-electron chi connectivity index (χ1n) is 7.16. The molecule has 0 atom stereocenters. The molecule has 0 aliphatic carbocycles. The maximum atomic E-state index is 13.4. The van der Waals surface area contributed by atoms with Crippen LogP contribution in [0.1, 0.15) is 42.3 Å². The molecule has 120 valence electrons. The molecule has 0 heterocycles. The number of amides is 1. The zero-order chi connectivity index (χ0) is 17.0. The van der Waals surface area contributed by atoms with E-state index in [2.05, 4.69) is 31.3 Å². The third kappa shape index (κ3) is 4.45. The van der Waals surface area contributed by atoms with E-state index in [0.29, 0.717) is 5.56 Å². The first-order chi connectivity index (χ1) is 10.8. The molecular weight excluding hydrogens is 298 g/mol. The molecule has 3 nitrogen and oxygen atoms in total. The number of benzene rings is 2. The molecule has 2 aromatic rings. The predicted octanol–water partition coefficient (Wildman–Crippen LogP) is 4.03. The van der Waals surface area contributed by atoms with Crippen molar-refractivity contribution in [1.29, 1.82) is 0 Å². The highest BCUT2D eigenvalue weighted by molar-refractivity contribution is 5.94. The molecule has 0 aromatic heterocycles. The maximum Gasteiger partial charge on any atom is 0.271 e. The first-order valence-corrected chi connectivity index (χ1v) is 7.16. The standard InChI is InChI=1S/C18H18F2N2O/c1-18(2,3)14-7-4-12(5-8-14)17(23)22-21-11-13-6-9-15(19)10-16(13)20/h4-11H,1-3H3,(H,22,23)/b21-11-. The van der Waals surface area contributed by atoms with E-state index in [1.54, 1.807) is 12.1 Å². The van der Waals surface area contributed by atoms with Crippen LogP contribution in [0.3, 0.4) is 0 Å². The van der Waals surface area contributed by atoms with Crippen molar-refractivity contribution in [3.63, 3.8) is 0 Å². The number of hydrogen-bond acceptors (Lipinski definition) is 2. The van der Waals surface area contributed by atoms with Crippen LogP contribution in [-0.4, -0.2) is 12.1 Å². The number of nitrogens with zero attached hydrogens (tertiary/aromatic N) is 1. The summed E-state index contributed by atoms with van der Waals surface area (Å²) >= 11 is 0. The summed E-state index contributed by atoms with van der Waals surface area (Å²) in [5.74, 6) is -1.80. The van der Waals surface area contributed by atoms with Gasteiger partial charge in [-0.25, -0.2) is 14.2 Å². The lowest BCUT2D eigenvalue weighted by Gasteiger charge is -2.18. The predicted molar refractivity (Wildman–Crippen MR) is 86.6 cm³/mol. The third-order valence-electron chi connectivity index (χ3n) is 3.35. The van der Waals surface area contributed by atoms with E-state index >= 15 is 0 Å². The van der Waals surface area contributed by atoms with E-state index in [1.165, 1.54) is 6.07 Å². The third-order valence-corrected chi connectivity index (χ3v) is 3.35. The first kappa shape index (κ1) is 16.8. The summed E-state index contributed by atoms with van der Waals surface area (Å²) in [5, 5.41) is 3.69. The topological polar surface area (TPSA) is 41.5 Å². The summed E-state index contributed by atoms with van der Waals surface area (Å²) in [4.78, 5) is 12.0. The molecular formula is C18H18F2N2O. The molecule has 0 fully saturated rings. The molecule has 5 heteroatoms. The van der Waals surface area contributed by atoms with Gasteiger partial charge in [-0.2, -0.15) is 5.10 Å². The van der Waals surface area contributed by atoms with E-state index in [4.69, 9.17) is 0 Å². The van der Waals surface area contributed by atoms with Crippen molar-refractivity contribution < 1.29 is 13.6 Å². The Balaban J connectivity index is 2.03. The smallest absolute Gasteiger partial charge is 0.267 e. The molecule has 0 spiro atoms. The van der Waals surface area contributed by atoms with Crippen molar-refractivity contribution in [2.45, 2.75) is 26.2 Å². The molecule has 0 radical (unpaired) electrons. The van der Waals surface area contributed by atoms with Gasteiger partial charge in [0.05, 0.1) is 6.21 Å². The minimum atomic E-state index is -0.738. The average Bonchev–Trinajstić information content (AvgIpc) is 2.48. The normalized spacial score (nSPS) is 11.7. The molecule has 0 saturated heterocycles. The molecule has 0 aliphatic rings. The summed E-state index contributed by atoms with van der Waals surface area (Å²) in [6.07, 6.45) is 1.14. The van der Waals surface area contributed by atoms with Crippen LogP contribution < -0.4 is 5.43 Å². The average molecular weight is 316 g/mol.